The van der Waals surface area contributed by atoms with Crippen LogP contribution in [0.3, 0.4) is 0 Å². The molecule has 2 aromatic carbocycles. The first-order chi connectivity index (χ1) is 15.7. The summed E-state index contributed by atoms with van der Waals surface area (Å²) in [6.07, 6.45) is 3.36. The van der Waals surface area contributed by atoms with Crippen molar-refractivity contribution in [3.8, 4) is 0 Å². The van der Waals surface area contributed by atoms with Gasteiger partial charge in [-0.1, -0.05) is 48.5 Å². The van der Waals surface area contributed by atoms with E-state index in [1.807, 2.05) is 65.2 Å². The Morgan fingerprint density at radius 1 is 1.03 bits per heavy atom. The summed E-state index contributed by atoms with van der Waals surface area (Å²) in [6.45, 7) is 2.24. The van der Waals surface area contributed by atoms with Gasteiger partial charge in [-0.25, -0.2) is 4.98 Å². The smallest absolute Gasteiger partial charge is 0.321 e. The number of pyridine rings is 1. The highest BCUT2D eigenvalue weighted by molar-refractivity contribution is 6.08. The summed E-state index contributed by atoms with van der Waals surface area (Å²) < 4.78 is 7.34. The van der Waals surface area contributed by atoms with Gasteiger partial charge in [-0.15, -0.1) is 0 Å². The molecule has 0 saturated heterocycles. The molecule has 1 amide bonds. The molecule has 1 aliphatic heterocycles. The van der Waals surface area contributed by atoms with Gasteiger partial charge in [0.25, 0.3) is 0 Å². The van der Waals surface area contributed by atoms with Crippen molar-refractivity contribution < 1.29 is 14.3 Å². The molecule has 2 atom stereocenters. The van der Waals surface area contributed by atoms with Gasteiger partial charge in [0.1, 0.15) is 0 Å². The number of hydrogen-bond donors (Lipinski definition) is 0. The summed E-state index contributed by atoms with van der Waals surface area (Å²) >= 11 is 0. The number of rotatable bonds is 5. The molecular formula is C25H22N4O3. The minimum absolute atomic E-state index is 0.193. The van der Waals surface area contributed by atoms with Crippen LogP contribution in [0.5, 0.6) is 0 Å². The summed E-state index contributed by atoms with van der Waals surface area (Å²) in [5.74, 6) is -1.42. The third kappa shape index (κ3) is 3.32. The second-order valence-corrected chi connectivity index (χ2v) is 7.64. The highest BCUT2D eigenvalue weighted by Gasteiger charge is 2.47. The summed E-state index contributed by atoms with van der Waals surface area (Å²) in [6, 6.07) is 20.4. The average Bonchev–Trinajstić information content (AvgIpc) is 3.21. The fraction of sp³-hybridized carbons (Fsp3) is 0.200. The van der Waals surface area contributed by atoms with Crippen LogP contribution < -0.4 is 4.90 Å². The van der Waals surface area contributed by atoms with Gasteiger partial charge in [0, 0.05) is 12.4 Å². The maximum atomic E-state index is 13.8. The van der Waals surface area contributed by atoms with Gasteiger partial charge < -0.3 is 9.30 Å². The Morgan fingerprint density at radius 2 is 1.81 bits per heavy atom. The van der Waals surface area contributed by atoms with Crippen LogP contribution in [-0.2, 0) is 20.9 Å². The van der Waals surface area contributed by atoms with Crippen molar-refractivity contribution in [2.45, 2.75) is 19.5 Å². The number of amides is 1. The van der Waals surface area contributed by atoms with Crippen molar-refractivity contribution in [2.75, 3.05) is 11.5 Å². The van der Waals surface area contributed by atoms with E-state index in [1.54, 1.807) is 30.3 Å². The molecule has 0 unspecified atom stereocenters. The molecule has 0 bridgehead atoms. The van der Waals surface area contributed by atoms with E-state index in [-0.39, 0.29) is 12.5 Å². The normalized spacial score (nSPS) is 17.9. The fourth-order valence-corrected chi connectivity index (χ4v) is 4.32. The maximum Gasteiger partial charge on any atom is 0.321 e. The summed E-state index contributed by atoms with van der Waals surface area (Å²) in [4.78, 5) is 37.6. The molecule has 3 heterocycles. The largest absolute Gasteiger partial charge is 0.465 e. The zero-order chi connectivity index (χ0) is 22.1. The van der Waals surface area contributed by atoms with Crippen LogP contribution in [0.25, 0.3) is 11.0 Å². The number of esters is 1. The van der Waals surface area contributed by atoms with Crippen molar-refractivity contribution >= 4 is 28.9 Å². The van der Waals surface area contributed by atoms with Crippen LogP contribution in [0.1, 0.15) is 24.1 Å². The molecule has 5 rings (SSSR count). The van der Waals surface area contributed by atoms with E-state index in [2.05, 4.69) is 4.98 Å². The number of para-hydroxylation sites is 2. The molecule has 2 aromatic heterocycles. The first kappa shape index (κ1) is 19.9. The van der Waals surface area contributed by atoms with Gasteiger partial charge in [0.15, 0.2) is 5.92 Å². The van der Waals surface area contributed by atoms with Crippen LogP contribution in [0.2, 0.25) is 0 Å². The van der Waals surface area contributed by atoms with Crippen LogP contribution in [0.15, 0.2) is 79.1 Å². The molecule has 32 heavy (non-hydrogen) atoms. The van der Waals surface area contributed by atoms with E-state index in [9.17, 15) is 9.59 Å². The van der Waals surface area contributed by atoms with Crippen LogP contribution in [0, 0.1) is 5.92 Å². The first-order valence-electron chi connectivity index (χ1n) is 10.6. The number of benzene rings is 2. The average molecular weight is 426 g/mol. The molecule has 7 heteroatoms. The van der Waals surface area contributed by atoms with E-state index in [0.29, 0.717) is 12.5 Å². The number of carbonyl (C=O) groups is 2. The van der Waals surface area contributed by atoms with Gasteiger partial charge in [-0.3, -0.25) is 19.5 Å². The third-order valence-corrected chi connectivity index (χ3v) is 5.69. The van der Waals surface area contributed by atoms with Gasteiger partial charge in [0.2, 0.25) is 11.9 Å². The zero-order valence-electron chi connectivity index (χ0n) is 17.6. The summed E-state index contributed by atoms with van der Waals surface area (Å²) in [5, 5.41) is 0. The molecule has 1 aliphatic rings. The Bertz CT molecular complexity index is 1270. The standard InChI is InChI=1S/C25H22N4O3/c1-2-32-24(31)21-22(18-11-8-14-26-15-18)29-20-13-7-6-12-19(20)27-25(29)28(23(21)30)16-17-9-4-3-5-10-17/h3-15,21-22H,2,16H2,1H3/t21-,22+/m0/s1. The van der Waals surface area contributed by atoms with E-state index in [0.717, 1.165) is 22.2 Å². The minimum Gasteiger partial charge on any atom is -0.465 e. The van der Waals surface area contributed by atoms with Gasteiger partial charge in [-0.05, 0) is 36.2 Å². The Balaban J connectivity index is 1.75. The number of ether oxygens (including phenoxy) is 1. The molecule has 0 aliphatic carbocycles. The van der Waals surface area contributed by atoms with E-state index < -0.39 is 17.9 Å². The monoisotopic (exact) mass is 426 g/mol. The maximum absolute atomic E-state index is 13.8. The Kier molecular flexibility index (Phi) is 5.15. The predicted octanol–water partition coefficient (Wildman–Crippen LogP) is 3.75. The van der Waals surface area contributed by atoms with Crippen LogP contribution >= 0.6 is 0 Å². The number of fused-ring (bicyclic) bond motifs is 3. The SMILES string of the molecule is CCOC(=O)[C@@H]1C(=O)N(Cc2ccccc2)c2nc3ccccc3n2[C@@H]1c1cccnc1. The number of carbonyl (C=O) groups excluding carboxylic acids is 2. The van der Waals surface area contributed by atoms with Gasteiger partial charge >= 0.3 is 5.97 Å². The molecule has 0 fully saturated rings. The van der Waals surface area contributed by atoms with E-state index in [4.69, 9.17) is 9.72 Å². The van der Waals surface area contributed by atoms with Crippen molar-refractivity contribution in [1.82, 2.24) is 14.5 Å². The minimum atomic E-state index is -1.05. The molecular weight excluding hydrogens is 404 g/mol. The number of nitrogens with zero attached hydrogens (tertiary/aromatic N) is 4. The van der Waals surface area contributed by atoms with Crippen LogP contribution in [-0.4, -0.2) is 33.0 Å². The lowest BCUT2D eigenvalue weighted by Crippen LogP contribution is -2.49. The number of aromatic nitrogens is 3. The molecule has 4 aromatic rings. The first-order valence-corrected chi connectivity index (χ1v) is 10.6. The lowest BCUT2D eigenvalue weighted by Gasteiger charge is -2.37. The zero-order valence-corrected chi connectivity index (χ0v) is 17.6. The summed E-state index contributed by atoms with van der Waals surface area (Å²) in [5.41, 5.74) is 3.30. The van der Waals surface area contributed by atoms with Crippen molar-refractivity contribution in [3.63, 3.8) is 0 Å². The lowest BCUT2D eigenvalue weighted by molar-refractivity contribution is -0.153. The Labute approximate surface area is 185 Å². The highest BCUT2D eigenvalue weighted by atomic mass is 16.5. The third-order valence-electron chi connectivity index (χ3n) is 5.69. The topological polar surface area (TPSA) is 77.3 Å². The highest BCUT2D eigenvalue weighted by Crippen LogP contribution is 2.41. The van der Waals surface area contributed by atoms with Gasteiger partial charge in [0.05, 0.1) is 30.2 Å². The number of hydrogen-bond acceptors (Lipinski definition) is 5. The molecule has 7 nitrogen and oxygen atoms in total. The van der Waals surface area contributed by atoms with Crippen molar-refractivity contribution in [1.29, 1.82) is 0 Å². The molecule has 0 radical (unpaired) electrons. The quantitative estimate of drug-likeness (QED) is 0.359. The number of anilines is 1. The Hall–Kier alpha value is -4.00. The second kappa shape index (κ2) is 8.26. The summed E-state index contributed by atoms with van der Waals surface area (Å²) in [7, 11) is 0. The van der Waals surface area contributed by atoms with Crippen LogP contribution in [0.4, 0.5) is 5.95 Å². The Morgan fingerprint density at radius 3 is 2.56 bits per heavy atom. The van der Waals surface area contributed by atoms with Crippen molar-refractivity contribution in [2.24, 2.45) is 5.92 Å². The molecule has 0 saturated carbocycles. The molecule has 160 valence electrons. The van der Waals surface area contributed by atoms with E-state index >= 15 is 0 Å². The predicted molar refractivity (Wildman–Crippen MR) is 120 cm³/mol. The fourth-order valence-electron chi connectivity index (χ4n) is 4.32. The molecule has 0 spiro atoms. The number of imidazole rings is 1. The second-order valence-electron chi connectivity index (χ2n) is 7.64. The van der Waals surface area contributed by atoms with E-state index in [1.165, 1.54) is 0 Å². The molecule has 0 N–H and O–H groups in total. The van der Waals surface area contributed by atoms with Gasteiger partial charge in [-0.2, -0.15) is 0 Å². The van der Waals surface area contributed by atoms with Crippen molar-refractivity contribution in [3.05, 3.63) is 90.3 Å². The lowest BCUT2D eigenvalue weighted by atomic mass is 9.90.